The van der Waals surface area contributed by atoms with Crippen molar-refractivity contribution in [1.82, 2.24) is 5.32 Å². The number of carbonyl (C=O) groups excluding carboxylic acids is 2. The maximum atomic E-state index is 11.5. The summed E-state index contributed by atoms with van der Waals surface area (Å²) in [7, 11) is 1.70. The first-order valence-corrected chi connectivity index (χ1v) is 7.83. The van der Waals surface area contributed by atoms with Gasteiger partial charge >= 0.3 is 0 Å². The molecule has 0 radical (unpaired) electrons. The highest BCUT2D eigenvalue weighted by Crippen LogP contribution is 2.13. The molecule has 0 bridgehead atoms. The second-order valence-corrected chi connectivity index (χ2v) is 4.59. The molecule has 25 heavy (non-hydrogen) atoms. The van der Waals surface area contributed by atoms with E-state index in [0.717, 1.165) is 0 Å². The smallest absolute Gasteiger partial charge is 0.253 e. The molecule has 2 rings (SSSR count). The van der Waals surface area contributed by atoms with Gasteiger partial charge in [-0.2, -0.15) is 0 Å². The largest absolute Gasteiger partial charge is 0.380 e. The number of anilines is 1. The number of carbonyl (C=O) groups is 2. The van der Waals surface area contributed by atoms with E-state index in [1.807, 2.05) is 37.3 Å². The van der Waals surface area contributed by atoms with Gasteiger partial charge in [0.15, 0.2) is 0 Å². The highest BCUT2D eigenvalue weighted by Gasteiger charge is 2.08. The van der Waals surface area contributed by atoms with E-state index in [1.54, 1.807) is 31.4 Å². The van der Waals surface area contributed by atoms with Gasteiger partial charge in [-0.15, -0.1) is 13.2 Å². The van der Waals surface area contributed by atoms with Gasteiger partial charge in [-0.1, -0.05) is 42.5 Å². The lowest BCUT2D eigenvalue weighted by molar-refractivity contribution is -0.105. The lowest BCUT2D eigenvalue weighted by atomic mass is 10.1. The second-order valence-electron chi connectivity index (χ2n) is 4.59. The molecule has 0 aromatic heterocycles. The Morgan fingerprint density at radius 3 is 2.24 bits per heavy atom. The van der Waals surface area contributed by atoms with Crippen LogP contribution in [0.3, 0.4) is 0 Å². The summed E-state index contributed by atoms with van der Waals surface area (Å²) in [5.74, 6) is -0.183. The zero-order valence-corrected chi connectivity index (χ0v) is 14.8. The van der Waals surface area contributed by atoms with E-state index >= 15 is 0 Å². The molecule has 0 aliphatic carbocycles. The number of hydrogen-bond donors (Lipinski definition) is 2. The topological polar surface area (TPSA) is 67.4 Å². The number of benzene rings is 2. The summed E-state index contributed by atoms with van der Waals surface area (Å²) in [6, 6.07) is 17.0. The van der Waals surface area contributed by atoms with Crippen LogP contribution in [0.15, 0.2) is 67.8 Å². The number of methoxy groups -OCH3 is 1. The molecule has 0 heterocycles. The van der Waals surface area contributed by atoms with Crippen molar-refractivity contribution in [2.75, 3.05) is 19.0 Å². The number of hydrogen-bond acceptors (Lipinski definition) is 3. The molecule has 2 amide bonds. The molecule has 134 valence electrons. The Labute approximate surface area is 149 Å². The Kier molecular flexibility index (Phi) is 12.9. The average molecular weight is 342 g/mol. The number of para-hydroxylation sites is 1. The van der Waals surface area contributed by atoms with E-state index in [-0.39, 0.29) is 5.91 Å². The minimum Gasteiger partial charge on any atom is -0.380 e. The van der Waals surface area contributed by atoms with Crippen LogP contribution in [0.2, 0.25) is 0 Å². The van der Waals surface area contributed by atoms with E-state index in [9.17, 15) is 9.59 Å². The van der Waals surface area contributed by atoms with Crippen molar-refractivity contribution in [1.29, 1.82) is 0 Å². The monoisotopic (exact) mass is 342 g/mol. The van der Waals surface area contributed by atoms with Crippen LogP contribution in [-0.2, 0) is 16.1 Å². The van der Waals surface area contributed by atoms with Gasteiger partial charge in [-0.05, 0) is 24.6 Å². The van der Waals surface area contributed by atoms with Crippen molar-refractivity contribution < 1.29 is 14.3 Å². The average Bonchev–Trinajstić information content (AvgIpc) is 2.66. The highest BCUT2D eigenvalue weighted by atomic mass is 16.5. The van der Waals surface area contributed by atoms with E-state index in [4.69, 9.17) is 4.74 Å². The number of nitrogens with one attached hydrogen (secondary N) is 2. The molecule has 0 saturated carbocycles. The maximum absolute atomic E-state index is 11.5. The molecular weight excluding hydrogens is 316 g/mol. The first-order valence-electron chi connectivity index (χ1n) is 7.83. The molecule has 2 N–H and O–H groups in total. The Balaban J connectivity index is 0.000000451. The molecular formula is C20H26N2O3. The SMILES string of the molecule is C=C.CCNC(=O)c1ccccc1NC=O.COCc1ccccc1. The molecule has 5 heteroatoms. The fourth-order valence-electron chi connectivity index (χ4n) is 1.87. The van der Waals surface area contributed by atoms with Crippen molar-refractivity contribution >= 4 is 18.0 Å². The van der Waals surface area contributed by atoms with Crippen molar-refractivity contribution in [3.05, 3.63) is 78.9 Å². The van der Waals surface area contributed by atoms with E-state index in [2.05, 4.69) is 23.8 Å². The van der Waals surface area contributed by atoms with Crippen LogP contribution in [0.4, 0.5) is 5.69 Å². The summed E-state index contributed by atoms with van der Waals surface area (Å²) >= 11 is 0. The van der Waals surface area contributed by atoms with Crippen LogP contribution in [-0.4, -0.2) is 26.0 Å². The quantitative estimate of drug-likeness (QED) is 0.622. The summed E-state index contributed by atoms with van der Waals surface area (Å²) in [6.07, 6.45) is 0.554. The fourth-order valence-corrected chi connectivity index (χ4v) is 1.87. The van der Waals surface area contributed by atoms with Crippen LogP contribution in [0.1, 0.15) is 22.8 Å². The first kappa shape index (κ1) is 22.1. The third-order valence-corrected chi connectivity index (χ3v) is 2.88. The minimum absolute atomic E-state index is 0.183. The molecule has 2 aromatic carbocycles. The summed E-state index contributed by atoms with van der Waals surface area (Å²) in [6.45, 7) is 9.11. The van der Waals surface area contributed by atoms with Crippen LogP contribution in [0.5, 0.6) is 0 Å². The Hall–Kier alpha value is -2.92. The van der Waals surface area contributed by atoms with Crippen LogP contribution in [0, 0.1) is 0 Å². The van der Waals surface area contributed by atoms with Crippen molar-refractivity contribution in [3.8, 4) is 0 Å². The molecule has 5 nitrogen and oxygen atoms in total. The van der Waals surface area contributed by atoms with Gasteiger partial charge in [0, 0.05) is 13.7 Å². The van der Waals surface area contributed by atoms with Gasteiger partial charge in [-0.25, -0.2) is 0 Å². The number of amides is 2. The van der Waals surface area contributed by atoms with Crippen LogP contribution >= 0.6 is 0 Å². The highest BCUT2D eigenvalue weighted by molar-refractivity contribution is 6.01. The summed E-state index contributed by atoms with van der Waals surface area (Å²) in [5, 5.41) is 5.14. The fraction of sp³-hybridized carbons (Fsp3) is 0.200. The number of ether oxygens (including phenoxy) is 1. The Bertz CT molecular complexity index is 615. The lowest BCUT2D eigenvalue weighted by Gasteiger charge is -2.06. The van der Waals surface area contributed by atoms with Gasteiger partial charge in [0.05, 0.1) is 17.9 Å². The van der Waals surface area contributed by atoms with E-state index in [1.165, 1.54) is 5.56 Å². The standard InChI is InChI=1S/C10H12N2O2.C8H10O.C2H4/c1-2-11-10(14)8-5-3-4-6-9(8)12-7-13;1-9-7-8-5-3-2-4-6-8;1-2/h3-7H,2H2,1H3,(H,11,14)(H,12,13);2-6H,7H2,1H3;1-2H2. The molecule has 0 fully saturated rings. The van der Waals surface area contributed by atoms with Gasteiger partial charge in [-0.3, -0.25) is 9.59 Å². The molecule has 0 aliphatic heterocycles. The van der Waals surface area contributed by atoms with E-state index < -0.39 is 0 Å². The zero-order valence-electron chi connectivity index (χ0n) is 14.8. The van der Waals surface area contributed by atoms with Crippen LogP contribution < -0.4 is 10.6 Å². The summed E-state index contributed by atoms with van der Waals surface area (Å²) in [4.78, 5) is 21.7. The van der Waals surface area contributed by atoms with Gasteiger partial charge in [0.25, 0.3) is 5.91 Å². The molecule has 2 aromatic rings. The Morgan fingerprint density at radius 2 is 1.68 bits per heavy atom. The molecule has 0 atom stereocenters. The molecule has 0 unspecified atom stereocenters. The summed E-state index contributed by atoms with van der Waals surface area (Å²) < 4.78 is 4.93. The van der Waals surface area contributed by atoms with Gasteiger partial charge < -0.3 is 15.4 Å². The first-order chi connectivity index (χ1) is 12.2. The number of rotatable bonds is 6. The second kappa shape index (κ2) is 14.7. The van der Waals surface area contributed by atoms with Gasteiger partial charge in [0.2, 0.25) is 6.41 Å². The molecule has 0 spiro atoms. The summed E-state index contributed by atoms with van der Waals surface area (Å²) in [5.41, 5.74) is 2.22. The third-order valence-electron chi connectivity index (χ3n) is 2.88. The molecule has 0 aliphatic rings. The Morgan fingerprint density at radius 1 is 1.08 bits per heavy atom. The zero-order chi connectivity index (χ0) is 18.9. The predicted octanol–water partition coefficient (Wildman–Crippen LogP) is 3.64. The predicted molar refractivity (Wildman–Crippen MR) is 103 cm³/mol. The molecule has 0 saturated heterocycles. The van der Waals surface area contributed by atoms with Crippen molar-refractivity contribution in [2.45, 2.75) is 13.5 Å². The van der Waals surface area contributed by atoms with Crippen LogP contribution in [0.25, 0.3) is 0 Å². The normalized spacial score (nSPS) is 8.72. The lowest BCUT2D eigenvalue weighted by Crippen LogP contribution is -2.23. The third kappa shape index (κ3) is 9.07. The van der Waals surface area contributed by atoms with Gasteiger partial charge in [0.1, 0.15) is 0 Å². The maximum Gasteiger partial charge on any atom is 0.253 e. The van der Waals surface area contributed by atoms with Crippen molar-refractivity contribution in [3.63, 3.8) is 0 Å². The van der Waals surface area contributed by atoms with E-state index in [0.29, 0.717) is 30.8 Å². The van der Waals surface area contributed by atoms with Crippen molar-refractivity contribution in [2.24, 2.45) is 0 Å². The minimum atomic E-state index is -0.183.